The molecule has 112 valence electrons. The summed E-state index contributed by atoms with van der Waals surface area (Å²) in [5.74, 6) is -0.210. The number of aryl methyl sites for hydroxylation is 2. The van der Waals surface area contributed by atoms with Gasteiger partial charge in [-0.25, -0.2) is 4.39 Å². The molecule has 0 bridgehead atoms. The summed E-state index contributed by atoms with van der Waals surface area (Å²) in [5, 5.41) is 4.49. The molecule has 2 rings (SSSR count). The standard InChI is InChI=1S/C17H18Cl2FN/c1-4-21-17(12-5-6-14(18)15(19)9-12)16-10(2)7-13(20)8-11(16)3/h5-9,17,21H,4H2,1-3H3. The molecule has 0 aliphatic carbocycles. The number of halogens is 3. The van der Waals surface area contributed by atoms with E-state index in [1.165, 1.54) is 0 Å². The lowest BCUT2D eigenvalue weighted by atomic mass is 9.91. The van der Waals surface area contributed by atoms with Crippen LogP contribution >= 0.6 is 23.2 Å². The van der Waals surface area contributed by atoms with Gasteiger partial charge >= 0.3 is 0 Å². The third-order valence-corrected chi connectivity index (χ3v) is 4.27. The van der Waals surface area contributed by atoms with Gasteiger partial charge in [-0.2, -0.15) is 0 Å². The van der Waals surface area contributed by atoms with Gasteiger partial charge in [0.25, 0.3) is 0 Å². The molecule has 0 saturated carbocycles. The van der Waals surface area contributed by atoms with Crippen LogP contribution in [-0.2, 0) is 0 Å². The van der Waals surface area contributed by atoms with Crippen LogP contribution in [0.2, 0.25) is 10.0 Å². The Morgan fingerprint density at radius 3 is 2.19 bits per heavy atom. The van der Waals surface area contributed by atoms with Crippen molar-refractivity contribution in [3.63, 3.8) is 0 Å². The number of benzene rings is 2. The van der Waals surface area contributed by atoms with Crippen molar-refractivity contribution < 1.29 is 4.39 Å². The Hall–Kier alpha value is -1.09. The average Bonchev–Trinajstić information content (AvgIpc) is 2.40. The quantitative estimate of drug-likeness (QED) is 0.788. The predicted octanol–water partition coefficient (Wildman–Crippen LogP) is 5.45. The predicted molar refractivity (Wildman–Crippen MR) is 87.9 cm³/mol. The van der Waals surface area contributed by atoms with E-state index in [0.717, 1.165) is 28.8 Å². The van der Waals surface area contributed by atoms with Gasteiger partial charge in [0.1, 0.15) is 5.82 Å². The fraction of sp³-hybridized carbons (Fsp3) is 0.294. The topological polar surface area (TPSA) is 12.0 Å². The summed E-state index contributed by atoms with van der Waals surface area (Å²) < 4.78 is 13.5. The smallest absolute Gasteiger partial charge is 0.123 e. The van der Waals surface area contributed by atoms with Crippen molar-refractivity contribution in [2.45, 2.75) is 26.8 Å². The van der Waals surface area contributed by atoms with E-state index in [1.807, 2.05) is 32.9 Å². The van der Waals surface area contributed by atoms with Crippen LogP contribution in [0.1, 0.15) is 35.2 Å². The van der Waals surface area contributed by atoms with Gasteiger partial charge in [0.2, 0.25) is 0 Å². The zero-order valence-corrected chi connectivity index (χ0v) is 13.8. The molecular formula is C17H18Cl2FN. The normalized spacial score (nSPS) is 12.5. The van der Waals surface area contributed by atoms with Crippen LogP contribution in [-0.4, -0.2) is 6.54 Å². The van der Waals surface area contributed by atoms with Gasteiger partial charge in [-0.05, 0) is 66.9 Å². The van der Waals surface area contributed by atoms with E-state index >= 15 is 0 Å². The zero-order valence-electron chi connectivity index (χ0n) is 12.3. The Kier molecular flexibility index (Phi) is 5.26. The summed E-state index contributed by atoms with van der Waals surface area (Å²) in [6, 6.07) is 8.68. The van der Waals surface area contributed by atoms with E-state index in [4.69, 9.17) is 23.2 Å². The minimum absolute atomic E-state index is 0.0367. The number of rotatable bonds is 4. The third-order valence-electron chi connectivity index (χ3n) is 3.53. The monoisotopic (exact) mass is 325 g/mol. The molecule has 2 aromatic rings. The fourth-order valence-corrected chi connectivity index (χ4v) is 2.97. The third kappa shape index (κ3) is 3.57. The number of hydrogen-bond donors (Lipinski definition) is 1. The van der Waals surface area contributed by atoms with Gasteiger partial charge in [-0.3, -0.25) is 0 Å². The van der Waals surface area contributed by atoms with Crippen LogP contribution in [0.15, 0.2) is 30.3 Å². The maximum absolute atomic E-state index is 13.5. The molecular weight excluding hydrogens is 308 g/mol. The van der Waals surface area contributed by atoms with E-state index in [2.05, 4.69) is 5.32 Å². The van der Waals surface area contributed by atoms with E-state index in [1.54, 1.807) is 18.2 Å². The summed E-state index contributed by atoms with van der Waals surface area (Å²) in [5.41, 5.74) is 3.94. The Bertz CT molecular complexity index is 632. The molecule has 0 spiro atoms. The molecule has 4 heteroatoms. The highest BCUT2D eigenvalue weighted by molar-refractivity contribution is 6.42. The minimum atomic E-state index is -0.210. The number of nitrogens with one attached hydrogen (secondary N) is 1. The average molecular weight is 326 g/mol. The van der Waals surface area contributed by atoms with Gasteiger partial charge < -0.3 is 5.32 Å². The molecule has 0 aromatic heterocycles. The van der Waals surface area contributed by atoms with Crippen LogP contribution in [0.25, 0.3) is 0 Å². The molecule has 1 atom stereocenters. The second kappa shape index (κ2) is 6.78. The van der Waals surface area contributed by atoms with Crippen molar-refractivity contribution in [2.75, 3.05) is 6.54 Å². The van der Waals surface area contributed by atoms with E-state index in [-0.39, 0.29) is 11.9 Å². The second-order valence-corrected chi connectivity index (χ2v) is 5.93. The highest BCUT2D eigenvalue weighted by Crippen LogP contribution is 2.32. The van der Waals surface area contributed by atoms with Crippen LogP contribution < -0.4 is 5.32 Å². The summed E-state index contributed by atoms with van der Waals surface area (Å²) >= 11 is 12.1. The lowest BCUT2D eigenvalue weighted by molar-refractivity contribution is 0.606. The van der Waals surface area contributed by atoms with E-state index in [0.29, 0.717) is 10.0 Å². The first-order valence-electron chi connectivity index (χ1n) is 6.89. The van der Waals surface area contributed by atoms with Crippen molar-refractivity contribution in [1.29, 1.82) is 0 Å². The van der Waals surface area contributed by atoms with Gasteiger partial charge in [-0.15, -0.1) is 0 Å². The van der Waals surface area contributed by atoms with Gasteiger partial charge in [0.15, 0.2) is 0 Å². The highest BCUT2D eigenvalue weighted by Gasteiger charge is 2.19. The molecule has 2 aromatic carbocycles. The lowest BCUT2D eigenvalue weighted by Gasteiger charge is -2.23. The summed E-state index contributed by atoms with van der Waals surface area (Å²) in [6.45, 7) is 6.68. The second-order valence-electron chi connectivity index (χ2n) is 5.12. The van der Waals surface area contributed by atoms with Crippen LogP contribution in [0.4, 0.5) is 4.39 Å². The van der Waals surface area contributed by atoms with Gasteiger partial charge in [-0.1, -0.05) is 36.2 Å². The first-order chi connectivity index (χ1) is 9.93. The zero-order chi connectivity index (χ0) is 15.6. The maximum atomic E-state index is 13.5. The van der Waals surface area contributed by atoms with Gasteiger partial charge in [0, 0.05) is 0 Å². The molecule has 0 aliphatic rings. The van der Waals surface area contributed by atoms with Crippen molar-refractivity contribution in [3.8, 4) is 0 Å². The Morgan fingerprint density at radius 2 is 1.67 bits per heavy atom. The molecule has 0 radical (unpaired) electrons. The fourth-order valence-electron chi connectivity index (χ4n) is 2.66. The van der Waals surface area contributed by atoms with Crippen molar-refractivity contribution in [1.82, 2.24) is 5.32 Å². The first-order valence-corrected chi connectivity index (χ1v) is 7.64. The Balaban J connectivity index is 2.55. The molecule has 1 N–H and O–H groups in total. The summed E-state index contributed by atoms with van der Waals surface area (Å²) in [6.07, 6.45) is 0. The first kappa shape index (κ1) is 16.3. The van der Waals surface area contributed by atoms with Crippen LogP contribution in [0.5, 0.6) is 0 Å². The molecule has 1 unspecified atom stereocenters. The molecule has 0 fully saturated rings. The molecule has 0 saturated heterocycles. The van der Waals surface area contributed by atoms with Crippen LogP contribution in [0, 0.1) is 19.7 Å². The lowest BCUT2D eigenvalue weighted by Crippen LogP contribution is -2.23. The Labute approximate surface area is 135 Å². The summed E-state index contributed by atoms with van der Waals surface area (Å²) in [7, 11) is 0. The van der Waals surface area contributed by atoms with Crippen molar-refractivity contribution in [3.05, 3.63) is 68.4 Å². The Morgan fingerprint density at radius 1 is 1.05 bits per heavy atom. The minimum Gasteiger partial charge on any atom is -0.307 e. The molecule has 0 heterocycles. The maximum Gasteiger partial charge on any atom is 0.123 e. The van der Waals surface area contributed by atoms with Crippen molar-refractivity contribution >= 4 is 23.2 Å². The molecule has 21 heavy (non-hydrogen) atoms. The molecule has 1 nitrogen and oxygen atoms in total. The van der Waals surface area contributed by atoms with Gasteiger partial charge in [0.05, 0.1) is 16.1 Å². The highest BCUT2D eigenvalue weighted by atomic mass is 35.5. The SMILES string of the molecule is CCNC(c1ccc(Cl)c(Cl)c1)c1c(C)cc(F)cc1C. The largest absolute Gasteiger partial charge is 0.307 e. The van der Waals surface area contributed by atoms with Crippen molar-refractivity contribution in [2.24, 2.45) is 0 Å². The van der Waals surface area contributed by atoms with E-state index < -0.39 is 0 Å². The molecule has 0 amide bonds. The summed E-state index contributed by atoms with van der Waals surface area (Å²) in [4.78, 5) is 0. The van der Waals surface area contributed by atoms with E-state index in [9.17, 15) is 4.39 Å². The van der Waals surface area contributed by atoms with Crippen LogP contribution in [0.3, 0.4) is 0 Å². The number of hydrogen-bond acceptors (Lipinski definition) is 1. The molecule has 0 aliphatic heterocycles.